The van der Waals surface area contributed by atoms with Crippen LogP contribution in [0.15, 0.2) is 29.2 Å². The highest BCUT2D eigenvalue weighted by Gasteiger charge is 2.31. The second kappa shape index (κ2) is 7.95. The number of hydrogen-bond acceptors (Lipinski definition) is 5. The molecule has 0 aromatic heterocycles. The Balaban J connectivity index is 1.77. The Morgan fingerprint density at radius 3 is 2.41 bits per heavy atom. The molecule has 1 aromatic rings. The summed E-state index contributed by atoms with van der Waals surface area (Å²) in [5.74, 6) is -0.319. The van der Waals surface area contributed by atoms with Gasteiger partial charge in [0.05, 0.1) is 11.7 Å². The summed E-state index contributed by atoms with van der Waals surface area (Å²) < 4.78 is 28.4. The minimum absolute atomic E-state index is 0.0262. The Bertz CT molecular complexity index is 818. The molecule has 0 spiro atoms. The molecule has 2 saturated heterocycles. The van der Waals surface area contributed by atoms with Crippen molar-refractivity contribution in [3.63, 3.8) is 0 Å². The van der Waals surface area contributed by atoms with Crippen molar-refractivity contribution in [1.29, 1.82) is 0 Å². The van der Waals surface area contributed by atoms with Crippen LogP contribution >= 0.6 is 0 Å². The predicted molar refractivity (Wildman–Crippen MR) is 102 cm³/mol. The number of para-hydroxylation sites is 1. The summed E-state index contributed by atoms with van der Waals surface area (Å²) in [4.78, 5) is 30.0. The third kappa shape index (κ3) is 4.31. The number of hydrogen-bond donors (Lipinski definition) is 1. The van der Waals surface area contributed by atoms with E-state index in [1.54, 1.807) is 30.0 Å². The van der Waals surface area contributed by atoms with Gasteiger partial charge in [0, 0.05) is 39.1 Å². The minimum atomic E-state index is -3.95. The molecule has 148 valence electrons. The Morgan fingerprint density at radius 1 is 1.11 bits per heavy atom. The molecule has 1 aromatic carbocycles. The molecule has 2 heterocycles. The van der Waals surface area contributed by atoms with Crippen molar-refractivity contribution < 1.29 is 18.0 Å². The number of amides is 2. The smallest absolute Gasteiger partial charge is 0.243 e. The SMILES string of the molecule is C[C@H](NS(=O)(=O)c1ccccc1N1CCCC1=O)C(=O)N1CCN(C)CC1. The van der Waals surface area contributed by atoms with Crippen molar-refractivity contribution in [2.45, 2.75) is 30.7 Å². The number of piperazine rings is 1. The van der Waals surface area contributed by atoms with E-state index in [-0.39, 0.29) is 16.7 Å². The number of benzene rings is 1. The van der Waals surface area contributed by atoms with Crippen molar-refractivity contribution >= 4 is 27.5 Å². The minimum Gasteiger partial charge on any atom is -0.339 e. The highest BCUT2D eigenvalue weighted by molar-refractivity contribution is 7.89. The largest absolute Gasteiger partial charge is 0.339 e. The van der Waals surface area contributed by atoms with Crippen molar-refractivity contribution in [3.8, 4) is 0 Å². The molecule has 2 aliphatic rings. The molecule has 8 nitrogen and oxygen atoms in total. The molecule has 0 unspecified atom stereocenters. The third-order valence-corrected chi connectivity index (χ3v) is 6.62. The highest BCUT2D eigenvalue weighted by atomic mass is 32.2. The maximum absolute atomic E-state index is 12.9. The molecule has 2 aliphatic heterocycles. The maximum Gasteiger partial charge on any atom is 0.243 e. The van der Waals surface area contributed by atoms with Crippen LogP contribution in [-0.2, 0) is 19.6 Å². The van der Waals surface area contributed by atoms with Crippen LogP contribution in [0.5, 0.6) is 0 Å². The highest BCUT2D eigenvalue weighted by Crippen LogP contribution is 2.28. The number of carbonyl (C=O) groups excluding carboxylic acids is 2. The van der Waals surface area contributed by atoms with Gasteiger partial charge in [-0.05, 0) is 32.5 Å². The second-order valence-electron chi connectivity index (χ2n) is 7.09. The maximum atomic E-state index is 12.9. The van der Waals surface area contributed by atoms with Gasteiger partial charge in [-0.15, -0.1) is 0 Å². The lowest BCUT2D eigenvalue weighted by Gasteiger charge is -2.34. The molecular formula is C18H26N4O4S. The Kier molecular flexibility index (Phi) is 5.83. The van der Waals surface area contributed by atoms with Crippen LogP contribution < -0.4 is 9.62 Å². The lowest BCUT2D eigenvalue weighted by Crippen LogP contribution is -2.53. The second-order valence-corrected chi connectivity index (χ2v) is 8.77. The number of rotatable bonds is 5. The van der Waals surface area contributed by atoms with Crippen molar-refractivity contribution in [2.75, 3.05) is 44.7 Å². The number of sulfonamides is 1. The van der Waals surface area contributed by atoms with Gasteiger partial charge in [0.25, 0.3) is 0 Å². The number of nitrogens with one attached hydrogen (secondary N) is 1. The van der Waals surface area contributed by atoms with E-state index in [0.717, 1.165) is 13.1 Å². The summed E-state index contributed by atoms with van der Waals surface area (Å²) >= 11 is 0. The fraction of sp³-hybridized carbons (Fsp3) is 0.556. The molecule has 1 N–H and O–H groups in total. The lowest BCUT2D eigenvalue weighted by atomic mass is 10.2. The van der Waals surface area contributed by atoms with E-state index in [0.29, 0.717) is 38.2 Å². The first-order valence-corrected chi connectivity index (χ1v) is 10.7. The molecule has 3 rings (SSSR count). The first kappa shape index (κ1) is 19.8. The van der Waals surface area contributed by atoms with Gasteiger partial charge in [-0.3, -0.25) is 9.59 Å². The number of nitrogens with zero attached hydrogens (tertiary/aromatic N) is 3. The Hall–Kier alpha value is -1.97. The summed E-state index contributed by atoms with van der Waals surface area (Å²) in [6.45, 7) is 4.76. The molecule has 27 heavy (non-hydrogen) atoms. The van der Waals surface area contributed by atoms with E-state index < -0.39 is 16.1 Å². The van der Waals surface area contributed by atoms with Gasteiger partial charge < -0.3 is 14.7 Å². The van der Waals surface area contributed by atoms with E-state index in [4.69, 9.17) is 0 Å². The zero-order chi connectivity index (χ0) is 19.6. The van der Waals surface area contributed by atoms with Gasteiger partial charge in [-0.1, -0.05) is 12.1 Å². The van der Waals surface area contributed by atoms with Gasteiger partial charge in [-0.2, -0.15) is 4.72 Å². The summed E-state index contributed by atoms with van der Waals surface area (Å²) in [7, 11) is -1.96. The number of carbonyl (C=O) groups is 2. The van der Waals surface area contributed by atoms with E-state index >= 15 is 0 Å². The van der Waals surface area contributed by atoms with Crippen LogP contribution in [0.25, 0.3) is 0 Å². The van der Waals surface area contributed by atoms with Crippen LogP contribution in [0.1, 0.15) is 19.8 Å². The van der Waals surface area contributed by atoms with Gasteiger partial charge in [-0.25, -0.2) is 8.42 Å². The average Bonchev–Trinajstić information content (AvgIpc) is 3.07. The Labute approximate surface area is 160 Å². The zero-order valence-electron chi connectivity index (χ0n) is 15.7. The monoisotopic (exact) mass is 394 g/mol. The normalized spacial score (nSPS) is 20.1. The Morgan fingerprint density at radius 2 is 1.78 bits per heavy atom. The van der Waals surface area contributed by atoms with Crippen LogP contribution in [0.4, 0.5) is 5.69 Å². The quantitative estimate of drug-likeness (QED) is 0.773. The fourth-order valence-electron chi connectivity index (χ4n) is 3.46. The predicted octanol–water partition coefficient (Wildman–Crippen LogP) is 0.254. The van der Waals surface area contributed by atoms with Gasteiger partial charge in [0.2, 0.25) is 21.8 Å². The van der Waals surface area contributed by atoms with Crippen molar-refractivity contribution in [3.05, 3.63) is 24.3 Å². The topological polar surface area (TPSA) is 90.0 Å². The van der Waals surface area contributed by atoms with Crippen LogP contribution in [0.2, 0.25) is 0 Å². The molecule has 1 atom stereocenters. The zero-order valence-corrected chi connectivity index (χ0v) is 16.5. The van der Waals surface area contributed by atoms with Gasteiger partial charge >= 0.3 is 0 Å². The van der Waals surface area contributed by atoms with Gasteiger partial charge in [0.1, 0.15) is 4.90 Å². The fourth-order valence-corrected chi connectivity index (χ4v) is 4.86. The van der Waals surface area contributed by atoms with E-state index in [1.807, 2.05) is 7.05 Å². The first-order chi connectivity index (χ1) is 12.8. The van der Waals surface area contributed by atoms with Crippen LogP contribution in [-0.4, -0.2) is 75.8 Å². The summed E-state index contributed by atoms with van der Waals surface area (Å²) in [6, 6.07) is 5.55. The number of anilines is 1. The summed E-state index contributed by atoms with van der Waals surface area (Å²) in [5, 5.41) is 0. The summed E-state index contributed by atoms with van der Waals surface area (Å²) in [6.07, 6.45) is 1.12. The lowest BCUT2D eigenvalue weighted by molar-refractivity contribution is -0.134. The number of likely N-dealkylation sites (N-methyl/N-ethyl adjacent to an activating group) is 1. The van der Waals surface area contributed by atoms with Gasteiger partial charge in [0.15, 0.2) is 0 Å². The molecule has 0 radical (unpaired) electrons. The molecule has 0 saturated carbocycles. The van der Waals surface area contributed by atoms with Crippen LogP contribution in [0, 0.1) is 0 Å². The standard InChI is InChI=1S/C18H26N4O4S/c1-14(18(24)21-12-10-20(2)11-13-21)19-27(25,26)16-7-4-3-6-15(16)22-9-5-8-17(22)23/h3-4,6-7,14,19H,5,8-13H2,1-2H3/t14-/m0/s1. The molecular weight excluding hydrogens is 368 g/mol. The molecule has 9 heteroatoms. The van der Waals surface area contributed by atoms with Crippen LogP contribution in [0.3, 0.4) is 0 Å². The molecule has 2 fully saturated rings. The van der Waals surface area contributed by atoms with Crippen molar-refractivity contribution in [1.82, 2.24) is 14.5 Å². The summed E-state index contributed by atoms with van der Waals surface area (Å²) in [5.41, 5.74) is 0.367. The van der Waals surface area contributed by atoms with E-state index in [2.05, 4.69) is 9.62 Å². The molecule has 2 amide bonds. The van der Waals surface area contributed by atoms with E-state index in [1.165, 1.54) is 11.0 Å². The molecule has 0 bridgehead atoms. The average molecular weight is 394 g/mol. The third-order valence-electron chi connectivity index (χ3n) is 5.04. The van der Waals surface area contributed by atoms with Crippen molar-refractivity contribution in [2.24, 2.45) is 0 Å². The molecule has 0 aliphatic carbocycles. The first-order valence-electron chi connectivity index (χ1n) is 9.18. The van der Waals surface area contributed by atoms with E-state index in [9.17, 15) is 18.0 Å².